The van der Waals surface area contributed by atoms with Gasteiger partial charge in [0.05, 0.1) is 21.4 Å². The SMILES string of the molecule is c1ccc(-n2c3cc(-c4ccc(N(c5ccc6c(c5)sc5ccccc56)c5cccc6c5sc5ccccc56)cc4)ccc3c3ccc4ccccc4c32)cc1. The number of rotatable bonds is 5. The van der Waals surface area contributed by atoms with E-state index in [4.69, 9.17) is 0 Å². The van der Waals surface area contributed by atoms with Gasteiger partial charge < -0.3 is 9.47 Å². The van der Waals surface area contributed by atoms with Crippen LogP contribution < -0.4 is 4.90 Å². The van der Waals surface area contributed by atoms with Crippen LogP contribution >= 0.6 is 22.7 Å². The Morgan fingerprint density at radius 2 is 1.00 bits per heavy atom. The molecule has 0 spiro atoms. The fourth-order valence-corrected chi connectivity index (χ4v) is 11.1. The van der Waals surface area contributed by atoms with E-state index < -0.39 is 0 Å². The van der Waals surface area contributed by atoms with Gasteiger partial charge in [0.15, 0.2) is 0 Å². The topological polar surface area (TPSA) is 8.17 Å². The van der Waals surface area contributed by atoms with E-state index in [1.165, 1.54) is 89.7 Å². The first-order valence-corrected chi connectivity index (χ1v) is 20.6. The molecule has 0 aliphatic carbocycles. The van der Waals surface area contributed by atoms with Gasteiger partial charge in [0, 0.05) is 68.9 Å². The van der Waals surface area contributed by atoms with Crippen molar-refractivity contribution in [2.75, 3.05) is 4.90 Å². The Kier molecular flexibility index (Phi) is 7.00. The van der Waals surface area contributed by atoms with Crippen LogP contribution in [0.2, 0.25) is 0 Å². The van der Waals surface area contributed by atoms with Crippen molar-refractivity contribution in [1.82, 2.24) is 4.57 Å². The highest BCUT2D eigenvalue weighted by Gasteiger charge is 2.20. The molecular weight excluding hydrogens is 717 g/mol. The van der Waals surface area contributed by atoms with E-state index in [2.05, 4.69) is 204 Å². The molecule has 4 heteroatoms. The number of anilines is 3. The van der Waals surface area contributed by atoms with Gasteiger partial charge in [-0.2, -0.15) is 0 Å². The lowest BCUT2D eigenvalue weighted by atomic mass is 10.0. The summed E-state index contributed by atoms with van der Waals surface area (Å²) in [5, 5.41) is 10.3. The lowest BCUT2D eigenvalue weighted by molar-refractivity contribution is 1.19. The van der Waals surface area contributed by atoms with Crippen LogP contribution in [0, 0.1) is 0 Å². The summed E-state index contributed by atoms with van der Waals surface area (Å²) in [4.78, 5) is 2.45. The highest BCUT2D eigenvalue weighted by molar-refractivity contribution is 7.26. The normalized spacial score (nSPS) is 11.9. The average molecular weight is 749 g/mol. The molecule has 0 bridgehead atoms. The third-order valence-corrected chi connectivity index (χ3v) is 13.7. The van der Waals surface area contributed by atoms with Gasteiger partial charge in [-0.25, -0.2) is 0 Å². The number of fused-ring (bicyclic) bond motifs is 11. The smallest absolute Gasteiger partial charge is 0.0640 e. The fraction of sp³-hybridized carbons (Fsp3) is 0. The second-order valence-electron chi connectivity index (χ2n) is 14.5. The van der Waals surface area contributed by atoms with Crippen molar-refractivity contribution in [3.63, 3.8) is 0 Å². The molecule has 0 atom stereocenters. The maximum Gasteiger partial charge on any atom is 0.0640 e. The van der Waals surface area contributed by atoms with Crippen LogP contribution in [0.5, 0.6) is 0 Å². The average Bonchev–Trinajstić information content (AvgIpc) is 3.94. The monoisotopic (exact) mass is 748 g/mol. The largest absolute Gasteiger partial charge is 0.309 e. The predicted octanol–water partition coefficient (Wildman–Crippen LogP) is 15.8. The number of thiophene rings is 2. The first-order chi connectivity index (χ1) is 27.8. The van der Waals surface area contributed by atoms with Crippen LogP contribution in [0.4, 0.5) is 17.1 Å². The number of benzene rings is 9. The second-order valence-corrected chi connectivity index (χ2v) is 16.6. The minimum absolute atomic E-state index is 1.13. The van der Waals surface area contributed by atoms with Crippen LogP contribution in [0.1, 0.15) is 0 Å². The van der Waals surface area contributed by atoms with Crippen molar-refractivity contribution in [2.45, 2.75) is 0 Å². The van der Waals surface area contributed by atoms with E-state index in [9.17, 15) is 0 Å². The van der Waals surface area contributed by atoms with E-state index in [1.807, 2.05) is 22.7 Å². The molecule has 262 valence electrons. The number of para-hydroxylation sites is 1. The molecule has 12 rings (SSSR count). The molecule has 0 amide bonds. The summed E-state index contributed by atoms with van der Waals surface area (Å²) in [6.45, 7) is 0. The molecule has 3 aromatic heterocycles. The van der Waals surface area contributed by atoms with Crippen LogP contribution in [0.25, 0.3) is 89.7 Å². The van der Waals surface area contributed by atoms with Crippen LogP contribution in [-0.2, 0) is 0 Å². The first-order valence-electron chi connectivity index (χ1n) is 19.0. The number of nitrogens with zero attached hydrogens (tertiary/aromatic N) is 2. The minimum atomic E-state index is 1.13. The van der Waals surface area contributed by atoms with Gasteiger partial charge >= 0.3 is 0 Å². The van der Waals surface area contributed by atoms with Crippen molar-refractivity contribution in [1.29, 1.82) is 0 Å². The number of hydrogen-bond acceptors (Lipinski definition) is 3. The van der Waals surface area contributed by atoms with Gasteiger partial charge in [-0.05, 0) is 77.2 Å². The van der Waals surface area contributed by atoms with Crippen molar-refractivity contribution in [3.05, 3.63) is 194 Å². The maximum atomic E-state index is 2.45. The maximum absolute atomic E-state index is 2.45. The molecule has 12 aromatic rings. The quantitative estimate of drug-likeness (QED) is 0.170. The Hall–Kier alpha value is -6.72. The molecule has 0 unspecified atom stereocenters. The molecular formula is C52H32N2S2. The molecule has 0 fully saturated rings. The van der Waals surface area contributed by atoms with Crippen LogP contribution in [0.3, 0.4) is 0 Å². The number of hydrogen-bond donors (Lipinski definition) is 0. The van der Waals surface area contributed by atoms with E-state index in [0.29, 0.717) is 0 Å². The second kappa shape index (κ2) is 12.4. The summed E-state index contributed by atoms with van der Waals surface area (Å²) < 4.78 is 7.66. The zero-order valence-corrected chi connectivity index (χ0v) is 31.8. The fourth-order valence-electron chi connectivity index (χ4n) is 8.80. The predicted molar refractivity (Wildman–Crippen MR) is 244 cm³/mol. The molecule has 0 saturated carbocycles. The molecule has 0 aliphatic heterocycles. The standard InChI is InChI=1S/C52H32N2S2/c1-2-12-36(13-3-1)54-47-31-35(24-28-40(47)44-29-23-34-11-4-5-14-39(34)51(44)54)33-21-25-37(26-22-33)53(38-27-30-43-41-15-6-8-19-48(41)55-50(43)32-38)46-18-10-17-45-42-16-7-9-20-49(42)56-52(45)46/h1-32H. The molecule has 2 nitrogen and oxygen atoms in total. The summed E-state index contributed by atoms with van der Waals surface area (Å²) >= 11 is 3.74. The Morgan fingerprint density at radius 1 is 0.375 bits per heavy atom. The summed E-state index contributed by atoms with van der Waals surface area (Å²) in [5.41, 5.74) is 9.48. The summed E-state index contributed by atoms with van der Waals surface area (Å²) in [7, 11) is 0. The highest BCUT2D eigenvalue weighted by atomic mass is 32.1. The van der Waals surface area contributed by atoms with Gasteiger partial charge in [0.2, 0.25) is 0 Å². The van der Waals surface area contributed by atoms with Crippen LogP contribution in [-0.4, -0.2) is 4.57 Å². The summed E-state index contributed by atoms with van der Waals surface area (Å²) in [6.07, 6.45) is 0. The summed E-state index contributed by atoms with van der Waals surface area (Å²) in [6, 6.07) is 71.4. The molecule has 56 heavy (non-hydrogen) atoms. The Bertz CT molecular complexity index is 3480. The van der Waals surface area contributed by atoms with Crippen LogP contribution in [0.15, 0.2) is 194 Å². The molecule has 0 radical (unpaired) electrons. The van der Waals surface area contributed by atoms with Crippen molar-refractivity contribution < 1.29 is 0 Å². The Morgan fingerprint density at radius 3 is 1.84 bits per heavy atom. The number of aromatic nitrogens is 1. The van der Waals surface area contributed by atoms with E-state index >= 15 is 0 Å². The molecule has 0 aliphatic rings. The summed E-state index contributed by atoms with van der Waals surface area (Å²) in [5.74, 6) is 0. The molecule has 0 saturated heterocycles. The van der Waals surface area contributed by atoms with E-state index in [1.54, 1.807) is 0 Å². The van der Waals surface area contributed by atoms with Crippen molar-refractivity contribution in [3.8, 4) is 16.8 Å². The van der Waals surface area contributed by atoms with Gasteiger partial charge in [-0.1, -0.05) is 133 Å². The van der Waals surface area contributed by atoms with Gasteiger partial charge in [0.25, 0.3) is 0 Å². The van der Waals surface area contributed by atoms with Gasteiger partial charge in [-0.3, -0.25) is 0 Å². The van der Waals surface area contributed by atoms with Gasteiger partial charge in [0.1, 0.15) is 0 Å². The zero-order valence-electron chi connectivity index (χ0n) is 30.2. The van der Waals surface area contributed by atoms with E-state index in [-0.39, 0.29) is 0 Å². The minimum Gasteiger partial charge on any atom is -0.309 e. The highest BCUT2D eigenvalue weighted by Crippen LogP contribution is 2.47. The lowest BCUT2D eigenvalue weighted by Gasteiger charge is -2.26. The lowest BCUT2D eigenvalue weighted by Crippen LogP contribution is -2.09. The zero-order chi connectivity index (χ0) is 36.7. The Labute approximate surface area is 331 Å². The van der Waals surface area contributed by atoms with Crippen molar-refractivity contribution >= 4 is 113 Å². The third kappa shape index (κ3) is 4.80. The van der Waals surface area contributed by atoms with Gasteiger partial charge in [-0.15, -0.1) is 22.7 Å². The molecule has 3 heterocycles. The van der Waals surface area contributed by atoms with E-state index in [0.717, 1.165) is 17.1 Å². The molecule has 9 aromatic carbocycles. The van der Waals surface area contributed by atoms with Crippen molar-refractivity contribution in [2.24, 2.45) is 0 Å². The first kappa shape index (κ1) is 31.6. The third-order valence-electron chi connectivity index (χ3n) is 11.4. The molecule has 0 N–H and O–H groups in total. The Balaban J connectivity index is 1.03.